The van der Waals surface area contributed by atoms with E-state index in [1.165, 1.54) is 16.8 Å². The van der Waals surface area contributed by atoms with E-state index in [4.69, 9.17) is 11.6 Å². The highest BCUT2D eigenvalue weighted by Crippen LogP contribution is 2.30. The largest absolute Gasteiger partial charge is 0.350 e. The zero-order valence-electron chi connectivity index (χ0n) is 18.0. The van der Waals surface area contributed by atoms with Gasteiger partial charge in [0.15, 0.2) is 0 Å². The zero-order valence-corrected chi connectivity index (χ0v) is 19.6. The van der Waals surface area contributed by atoms with Crippen LogP contribution >= 0.6 is 22.9 Å². The van der Waals surface area contributed by atoms with Gasteiger partial charge in [-0.25, -0.2) is 9.67 Å². The molecule has 0 aliphatic carbocycles. The summed E-state index contributed by atoms with van der Waals surface area (Å²) in [5.74, 6) is -0.0745. The summed E-state index contributed by atoms with van der Waals surface area (Å²) in [6.07, 6.45) is 4.23. The summed E-state index contributed by atoms with van der Waals surface area (Å²) in [5.41, 5.74) is 4.25. The molecule has 33 heavy (non-hydrogen) atoms. The molecule has 2 aromatic carbocycles. The fourth-order valence-corrected chi connectivity index (χ4v) is 5.25. The van der Waals surface area contributed by atoms with Crippen molar-refractivity contribution >= 4 is 28.8 Å². The van der Waals surface area contributed by atoms with E-state index in [2.05, 4.69) is 43.9 Å². The van der Waals surface area contributed by atoms with E-state index < -0.39 is 0 Å². The number of carbonyl (C=O) groups excluding carboxylic acids is 1. The average molecular weight is 478 g/mol. The van der Waals surface area contributed by atoms with Crippen LogP contribution < -0.4 is 5.32 Å². The molecule has 0 spiro atoms. The van der Waals surface area contributed by atoms with E-state index in [0.29, 0.717) is 23.7 Å². The van der Waals surface area contributed by atoms with Gasteiger partial charge in [-0.1, -0.05) is 35.9 Å². The fourth-order valence-electron chi connectivity index (χ4n) is 4.23. The van der Waals surface area contributed by atoms with E-state index in [-0.39, 0.29) is 11.9 Å². The smallest absolute Gasteiger partial charge is 0.251 e. The lowest BCUT2D eigenvalue weighted by Gasteiger charge is -2.35. The molecule has 0 saturated carbocycles. The summed E-state index contributed by atoms with van der Waals surface area (Å²) >= 11 is 7.96. The number of halogens is 1. The highest BCUT2D eigenvalue weighted by atomic mass is 35.5. The molecule has 8 heteroatoms. The van der Waals surface area contributed by atoms with Gasteiger partial charge in [0, 0.05) is 35.1 Å². The lowest BCUT2D eigenvalue weighted by molar-refractivity contribution is 0.0928. The van der Waals surface area contributed by atoms with Crippen molar-refractivity contribution in [2.75, 3.05) is 13.1 Å². The molecule has 2 aromatic heterocycles. The minimum atomic E-state index is -0.0745. The predicted octanol–water partition coefficient (Wildman–Crippen LogP) is 4.57. The van der Waals surface area contributed by atoms with Crippen LogP contribution in [0.2, 0.25) is 5.02 Å². The van der Waals surface area contributed by atoms with Crippen LogP contribution in [0.1, 0.15) is 38.0 Å². The van der Waals surface area contributed by atoms with Gasteiger partial charge in [0.1, 0.15) is 12.7 Å². The quantitative estimate of drug-likeness (QED) is 0.423. The molecule has 0 radical (unpaired) electrons. The van der Waals surface area contributed by atoms with Crippen LogP contribution in [0.4, 0.5) is 0 Å². The Morgan fingerprint density at radius 3 is 2.70 bits per heavy atom. The van der Waals surface area contributed by atoms with Gasteiger partial charge >= 0.3 is 0 Å². The van der Waals surface area contributed by atoms with E-state index >= 15 is 0 Å². The van der Waals surface area contributed by atoms with Crippen LogP contribution in [-0.2, 0) is 19.5 Å². The Hall–Kier alpha value is -3.00. The molecule has 1 aliphatic heterocycles. The lowest BCUT2D eigenvalue weighted by atomic mass is 10.0. The molecule has 5 rings (SSSR count). The molecule has 0 fully saturated rings. The Balaban J connectivity index is 1.28. The van der Waals surface area contributed by atoms with Crippen LogP contribution in [0.3, 0.4) is 0 Å². The number of hydrogen-bond donors (Lipinski definition) is 1. The molecule has 6 nitrogen and oxygen atoms in total. The number of rotatable bonds is 7. The molecule has 1 N–H and O–H groups in total. The summed E-state index contributed by atoms with van der Waals surface area (Å²) < 4.78 is 1.75. The van der Waals surface area contributed by atoms with E-state index in [0.717, 1.165) is 30.6 Å². The Morgan fingerprint density at radius 2 is 1.94 bits per heavy atom. The summed E-state index contributed by atoms with van der Waals surface area (Å²) in [7, 11) is 0. The number of aromatic nitrogens is 3. The van der Waals surface area contributed by atoms with E-state index in [9.17, 15) is 4.79 Å². The molecule has 1 amide bonds. The Morgan fingerprint density at radius 1 is 1.12 bits per heavy atom. The number of nitrogens with one attached hydrogen (secondary N) is 1. The van der Waals surface area contributed by atoms with Crippen molar-refractivity contribution in [3.63, 3.8) is 0 Å². The van der Waals surface area contributed by atoms with Gasteiger partial charge in [-0.05, 0) is 58.8 Å². The fraction of sp³-hybridized carbons (Fsp3) is 0.240. The number of benzene rings is 2. The minimum absolute atomic E-state index is 0.0745. The molecule has 1 unspecified atom stereocenters. The van der Waals surface area contributed by atoms with Gasteiger partial charge in [-0.15, -0.1) is 11.3 Å². The lowest BCUT2D eigenvalue weighted by Crippen LogP contribution is -2.40. The van der Waals surface area contributed by atoms with Crippen molar-refractivity contribution in [1.82, 2.24) is 25.0 Å². The maximum atomic E-state index is 12.9. The van der Waals surface area contributed by atoms with Crippen LogP contribution in [0.5, 0.6) is 0 Å². The first-order valence-corrected chi connectivity index (χ1v) is 12.2. The van der Waals surface area contributed by atoms with Crippen molar-refractivity contribution in [3.05, 3.63) is 105 Å². The minimum Gasteiger partial charge on any atom is -0.350 e. The van der Waals surface area contributed by atoms with Gasteiger partial charge in [-0.2, -0.15) is 5.10 Å². The van der Waals surface area contributed by atoms with E-state index in [1.807, 2.05) is 47.7 Å². The van der Waals surface area contributed by atoms with Gasteiger partial charge in [0.2, 0.25) is 0 Å². The molecule has 168 valence electrons. The predicted molar refractivity (Wildman–Crippen MR) is 131 cm³/mol. The second-order valence-corrected chi connectivity index (χ2v) is 9.59. The van der Waals surface area contributed by atoms with Crippen LogP contribution in [0, 0.1) is 0 Å². The number of nitrogens with zero attached hydrogens (tertiary/aromatic N) is 4. The summed E-state index contributed by atoms with van der Waals surface area (Å²) in [4.78, 5) is 20.8. The molecule has 4 aromatic rings. The Bertz CT molecular complexity index is 1200. The molecular weight excluding hydrogens is 454 g/mol. The third kappa shape index (κ3) is 5.16. The van der Waals surface area contributed by atoms with Crippen LogP contribution in [0.15, 0.2) is 72.6 Å². The summed E-state index contributed by atoms with van der Waals surface area (Å²) in [6, 6.07) is 17.9. The number of carbonyl (C=O) groups is 1. The molecule has 1 atom stereocenters. The van der Waals surface area contributed by atoms with Gasteiger partial charge in [0.25, 0.3) is 5.91 Å². The monoisotopic (exact) mass is 477 g/mol. The van der Waals surface area contributed by atoms with Crippen molar-refractivity contribution in [2.45, 2.75) is 25.6 Å². The number of fused-ring (bicyclic) bond motifs is 1. The SMILES string of the molecule is O=C(NCC(c1ccc(Cl)cc1)N1CCc2sccc2C1)c1ccc(Cn2cncn2)cc1. The summed E-state index contributed by atoms with van der Waals surface area (Å²) in [6.45, 7) is 3.01. The second kappa shape index (κ2) is 9.87. The second-order valence-electron chi connectivity index (χ2n) is 8.16. The normalized spacial score (nSPS) is 14.6. The standard InChI is InChI=1S/C25H24ClN5OS/c26-22-7-5-19(6-8-22)23(30-11-9-24-21(15-30)10-12-33-24)13-28-25(32)20-3-1-18(2-4-20)14-31-17-27-16-29-31/h1-8,10,12,16-17,23H,9,11,13-15H2,(H,28,32). The first kappa shape index (κ1) is 21.8. The maximum absolute atomic E-state index is 12.9. The van der Waals surface area contributed by atoms with Crippen molar-refractivity contribution < 1.29 is 4.79 Å². The molecule has 1 aliphatic rings. The van der Waals surface area contributed by atoms with Gasteiger partial charge in [0.05, 0.1) is 12.6 Å². The third-order valence-corrected chi connectivity index (χ3v) is 7.29. The molecule has 3 heterocycles. The van der Waals surface area contributed by atoms with Crippen molar-refractivity contribution in [1.29, 1.82) is 0 Å². The van der Waals surface area contributed by atoms with Crippen LogP contribution in [0.25, 0.3) is 0 Å². The molecule has 0 saturated heterocycles. The van der Waals surface area contributed by atoms with Crippen molar-refractivity contribution in [3.8, 4) is 0 Å². The molecular formula is C25H24ClN5OS. The number of amides is 1. The third-order valence-electron chi connectivity index (χ3n) is 6.02. The Labute approximate surface area is 201 Å². The van der Waals surface area contributed by atoms with Gasteiger partial charge in [-0.3, -0.25) is 9.69 Å². The topological polar surface area (TPSA) is 63.1 Å². The zero-order chi connectivity index (χ0) is 22.6. The van der Waals surface area contributed by atoms with E-state index in [1.54, 1.807) is 11.0 Å². The first-order chi connectivity index (χ1) is 16.2. The van der Waals surface area contributed by atoms with Gasteiger partial charge < -0.3 is 5.32 Å². The number of thiophene rings is 1. The van der Waals surface area contributed by atoms with Crippen molar-refractivity contribution in [2.24, 2.45) is 0 Å². The molecule has 0 bridgehead atoms. The number of hydrogen-bond acceptors (Lipinski definition) is 5. The highest BCUT2D eigenvalue weighted by Gasteiger charge is 2.26. The first-order valence-electron chi connectivity index (χ1n) is 10.9. The summed E-state index contributed by atoms with van der Waals surface area (Å²) in [5, 5.41) is 10.2. The highest BCUT2D eigenvalue weighted by molar-refractivity contribution is 7.10. The van der Waals surface area contributed by atoms with Crippen LogP contribution in [-0.4, -0.2) is 38.7 Å². The average Bonchev–Trinajstić information content (AvgIpc) is 3.52. The Kier molecular flexibility index (Phi) is 6.53. The maximum Gasteiger partial charge on any atom is 0.251 e.